The third-order valence-corrected chi connectivity index (χ3v) is 2.09. The first-order chi connectivity index (χ1) is 6.67. The molecule has 14 heavy (non-hydrogen) atoms. The molecular formula is C12H16O2. The third kappa shape index (κ3) is 2.59. The molecule has 2 heteroatoms. The molecule has 0 saturated carbocycles. The van der Waals surface area contributed by atoms with Crippen LogP contribution in [0.2, 0.25) is 0 Å². The van der Waals surface area contributed by atoms with Crippen LogP contribution in [0.25, 0.3) is 0 Å². The quantitative estimate of drug-likeness (QED) is 0.686. The fourth-order valence-corrected chi connectivity index (χ4v) is 1.32. The number of rotatable bonds is 4. The van der Waals surface area contributed by atoms with Gasteiger partial charge in [-0.3, -0.25) is 4.79 Å². The maximum Gasteiger partial charge on any atom is 0.159 e. The predicted octanol–water partition coefficient (Wildman–Crippen LogP) is 2.85. The highest BCUT2D eigenvalue weighted by Crippen LogP contribution is 2.18. The van der Waals surface area contributed by atoms with Crippen LogP contribution < -0.4 is 4.74 Å². The molecule has 1 rings (SSSR count). The molecule has 1 aromatic carbocycles. The van der Waals surface area contributed by atoms with Gasteiger partial charge in [0.2, 0.25) is 0 Å². The average molecular weight is 192 g/mol. The van der Waals surface area contributed by atoms with Gasteiger partial charge in [0.15, 0.2) is 5.78 Å². The molecule has 1 aromatic rings. The van der Waals surface area contributed by atoms with Gasteiger partial charge in [-0.1, -0.05) is 6.92 Å². The van der Waals surface area contributed by atoms with E-state index in [-0.39, 0.29) is 5.78 Å². The molecule has 0 radical (unpaired) electrons. The van der Waals surface area contributed by atoms with E-state index >= 15 is 0 Å². The van der Waals surface area contributed by atoms with Crippen LogP contribution in [-0.4, -0.2) is 12.4 Å². The minimum absolute atomic E-state index is 0.0845. The third-order valence-electron chi connectivity index (χ3n) is 2.09. The van der Waals surface area contributed by atoms with Gasteiger partial charge >= 0.3 is 0 Å². The molecule has 0 amide bonds. The van der Waals surface area contributed by atoms with Gasteiger partial charge in [-0.05, 0) is 44.0 Å². The van der Waals surface area contributed by atoms with Gasteiger partial charge in [0.1, 0.15) is 5.75 Å². The Morgan fingerprint density at radius 2 is 2.00 bits per heavy atom. The summed E-state index contributed by atoms with van der Waals surface area (Å²) >= 11 is 0. The zero-order chi connectivity index (χ0) is 10.6. The molecule has 0 fully saturated rings. The average Bonchev–Trinajstić information content (AvgIpc) is 2.17. The second-order valence-electron chi connectivity index (χ2n) is 3.21. The summed E-state index contributed by atoms with van der Waals surface area (Å²) in [6.07, 6.45) is 0.918. The van der Waals surface area contributed by atoms with Crippen molar-refractivity contribution in [3.63, 3.8) is 0 Å². The van der Waals surface area contributed by atoms with Crippen LogP contribution in [0.3, 0.4) is 0 Å². The molecule has 0 atom stereocenters. The number of carbonyl (C=O) groups excluding carboxylic acids is 1. The fraction of sp³-hybridized carbons (Fsp3) is 0.417. The molecule has 0 aromatic heterocycles. The highest BCUT2D eigenvalue weighted by Gasteiger charge is 2.04. The molecule has 0 aliphatic carbocycles. The van der Waals surface area contributed by atoms with Gasteiger partial charge in [-0.2, -0.15) is 0 Å². The Balaban J connectivity index is 3.06. The Morgan fingerprint density at radius 3 is 2.50 bits per heavy atom. The first-order valence-electron chi connectivity index (χ1n) is 4.95. The summed E-state index contributed by atoms with van der Waals surface area (Å²) in [4.78, 5) is 11.2. The van der Waals surface area contributed by atoms with Gasteiger partial charge in [-0.25, -0.2) is 0 Å². The number of ether oxygens (including phenoxy) is 1. The van der Waals surface area contributed by atoms with Crippen LogP contribution in [0.15, 0.2) is 18.2 Å². The van der Waals surface area contributed by atoms with Crippen LogP contribution in [0.4, 0.5) is 0 Å². The second-order valence-corrected chi connectivity index (χ2v) is 3.21. The summed E-state index contributed by atoms with van der Waals surface area (Å²) < 4.78 is 5.39. The molecule has 0 bridgehead atoms. The second kappa shape index (κ2) is 4.80. The number of hydrogen-bond donors (Lipinski definition) is 0. The number of hydrogen-bond acceptors (Lipinski definition) is 2. The van der Waals surface area contributed by atoms with E-state index < -0.39 is 0 Å². The molecule has 2 nitrogen and oxygen atoms in total. The summed E-state index contributed by atoms with van der Waals surface area (Å²) in [6, 6.07) is 5.70. The van der Waals surface area contributed by atoms with Crippen LogP contribution in [0, 0.1) is 0 Å². The molecule has 76 valence electrons. The smallest absolute Gasteiger partial charge is 0.159 e. The van der Waals surface area contributed by atoms with Gasteiger partial charge in [-0.15, -0.1) is 0 Å². The summed E-state index contributed by atoms with van der Waals surface area (Å²) in [5.74, 6) is 0.873. The number of Topliss-reactive ketones (excluding diaryl/α,β-unsaturated/α-hetero) is 1. The molecule has 0 unspecified atom stereocenters. The van der Waals surface area contributed by atoms with E-state index in [9.17, 15) is 4.79 Å². The lowest BCUT2D eigenvalue weighted by atomic mass is 10.1. The molecular weight excluding hydrogens is 176 g/mol. The Morgan fingerprint density at radius 1 is 1.29 bits per heavy atom. The first-order valence-corrected chi connectivity index (χ1v) is 4.95. The van der Waals surface area contributed by atoms with Crippen LogP contribution in [-0.2, 0) is 6.42 Å². The maximum absolute atomic E-state index is 11.2. The minimum Gasteiger partial charge on any atom is -0.494 e. The van der Waals surface area contributed by atoms with Gasteiger partial charge in [0, 0.05) is 5.56 Å². The van der Waals surface area contributed by atoms with Crippen molar-refractivity contribution in [2.75, 3.05) is 6.61 Å². The van der Waals surface area contributed by atoms with E-state index in [2.05, 4.69) is 6.92 Å². The fourth-order valence-electron chi connectivity index (χ4n) is 1.32. The Labute approximate surface area is 84.9 Å². The lowest BCUT2D eigenvalue weighted by Crippen LogP contribution is -1.98. The lowest BCUT2D eigenvalue weighted by Gasteiger charge is -2.07. The molecule has 0 N–H and O–H groups in total. The number of benzene rings is 1. The molecule has 0 saturated heterocycles. The van der Waals surface area contributed by atoms with E-state index in [0.717, 1.165) is 23.3 Å². The minimum atomic E-state index is 0.0845. The van der Waals surface area contributed by atoms with Crippen molar-refractivity contribution in [3.8, 4) is 5.75 Å². The summed E-state index contributed by atoms with van der Waals surface area (Å²) in [5.41, 5.74) is 1.87. The van der Waals surface area contributed by atoms with Crippen LogP contribution >= 0.6 is 0 Å². The zero-order valence-corrected chi connectivity index (χ0v) is 8.96. The van der Waals surface area contributed by atoms with Crippen LogP contribution in [0.1, 0.15) is 36.7 Å². The van der Waals surface area contributed by atoms with Crippen molar-refractivity contribution < 1.29 is 9.53 Å². The van der Waals surface area contributed by atoms with Crippen molar-refractivity contribution in [2.24, 2.45) is 0 Å². The predicted molar refractivity (Wildman–Crippen MR) is 57.0 cm³/mol. The summed E-state index contributed by atoms with van der Waals surface area (Å²) in [7, 11) is 0. The Hall–Kier alpha value is -1.31. The molecule has 0 aliphatic heterocycles. The van der Waals surface area contributed by atoms with Gasteiger partial charge < -0.3 is 4.74 Å². The standard InChI is InChI=1S/C12H16O2/c1-4-10-6-11(9(3)13)8-12(7-10)14-5-2/h6-8H,4-5H2,1-3H3. The summed E-state index contributed by atoms with van der Waals surface area (Å²) in [5, 5.41) is 0. The molecule has 0 aliphatic rings. The first kappa shape index (κ1) is 10.8. The Kier molecular flexibility index (Phi) is 3.69. The van der Waals surface area contributed by atoms with E-state index in [1.807, 2.05) is 19.1 Å². The van der Waals surface area contributed by atoms with E-state index in [0.29, 0.717) is 6.61 Å². The maximum atomic E-state index is 11.2. The van der Waals surface area contributed by atoms with E-state index in [1.54, 1.807) is 13.0 Å². The number of aryl methyl sites for hydroxylation is 1. The lowest BCUT2D eigenvalue weighted by molar-refractivity contribution is 0.101. The van der Waals surface area contributed by atoms with Gasteiger partial charge in [0.05, 0.1) is 6.61 Å². The van der Waals surface area contributed by atoms with Crippen molar-refractivity contribution in [2.45, 2.75) is 27.2 Å². The largest absolute Gasteiger partial charge is 0.494 e. The highest BCUT2D eigenvalue weighted by molar-refractivity contribution is 5.94. The normalized spacial score (nSPS) is 9.93. The topological polar surface area (TPSA) is 26.3 Å². The SMILES string of the molecule is CCOc1cc(CC)cc(C(C)=O)c1. The van der Waals surface area contributed by atoms with Crippen molar-refractivity contribution in [3.05, 3.63) is 29.3 Å². The van der Waals surface area contributed by atoms with Crippen molar-refractivity contribution in [1.29, 1.82) is 0 Å². The molecule has 0 spiro atoms. The van der Waals surface area contributed by atoms with Gasteiger partial charge in [0.25, 0.3) is 0 Å². The van der Waals surface area contributed by atoms with E-state index in [4.69, 9.17) is 4.74 Å². The highest BCUT2D eigenvalue weighted by atomic mass is 16.5. The number of carbonyl (C=O) groups is 1. The Bertz CT molecular complexity index is 329. The molecule has 0 heterocycles. The van der Waals surface area contributed by atoms with Crippen LogP contribution in [0.5, 0.6) is 5.75 Å². The van der Waals surface area contributed by atoms with Crippen molar-refractivity contribution in [1.82, 2.24) is 0 Å². The summed E-state index contributed by atoms with van der Waals surface area (Å²) in [6.45, 7) is 6.20. The zero-order valence-electron chi connectivity index (χ0n) is 8.96. The van der Waals surface area contributed by atoms with E-state index in [1.165, 1.54) is 0 Å². The van der Waals surface area contributed by atoms with Crippen molar-refractivity contribution >= 4 is 5.78 Å². The monoisotopic (exact) mass is 192 g/mol. The number of ketones is 1.